The number of hydrogen-bond donors (Lipinski definition) is 0. The fraction of sp³-hybridized carbons (Fsp3) is 0.400. The quantitative estimate of drug-likeness (QED) is 0.553. The first-order valence-corrected chi connectivity index (χ1v) is 7.83. The van der Waals surface area contributed by atoms with Crippen molar-refractivity contribution < 1.29 is 0 Å². The molecule has 0 aliphatic carbocycles. The highest BCUT2D eigenvalue weighted by Crippen LogP contribution is 1.80. The lowest BCUT2D eigenvalue weighted by molar-refractivity contribution is 0.886. The smallest absolute Gasteiger partial charge is 0.0564 e. The van der Waals surface area contributed by atoms with Crippen molar-refractivity contribution in [1.82, 2.24) is 0 Å². The predicted molar refractivity (Wildman–Crippen MR) is 94.0 cm³/mol. The molecular weight excluding hydrogens is 240 g/mol. The standard InChI is InChI=1S/2C6H6.2C4H10/c2*1-2-4-6-5-3-1;2*1-3-4-2/h2*1-6H;2*3-4H2,1-2H3. The Balaban J connectivity index is 0. The summed E-state index contributed by atoms with van der Waals surface area (Å²) < 4.78 is 0. The largest absolute Gasteiger partial charge is 0.0654 e. The van der Waals surface area contributed by atoms with Gasteiger partial charge < -0.3 is 0 Å². The molecule has 2 aromatic carbocycles. The normalized spacial score (nSPS) is 7.80. The van der Waals surface area contributed by atoms with Crippen molar-refractivity contribution in [2.75, 3.05) is 0 Å². The van der Waals surface area contributed by atoms with Gasteiger partial charge in [0.2, 0.25) is 0 Å². The highest BCUT2D eigenvalue weighted by atomic mass is 13.7. The van der Waals surface area contributed by atoms with Gasteiger partial charge in [0.25, 0.3) is 0 Å². The Bertz CT molecular complexity index is 219. The molecule has 0 heteroatoms. The topological polar surface area (TPSA) is 0 Å². The van der Waals surface area contributed by atoms with Gasteiger partial charge in [-0.15, -0.1) is 0 Å². The van der Waals surface area contributed by atoms with Crippen LogP contribution in [-0.2, 0) is 0 Å². The lowest BCUT2D eigenvalue weighted by Crippen LogP contribution is -1.47. The van der Waals surface area contributed by atoms with Gasteiger partial charge in [0.1, 0.15) is 0 Å². The van der Waals surface area contributed by atoms with E-state index < -0.39 is 0 Å². The molecule has 0 unspecified atom stereocenters. The first-order valence-electron chi connectivity index (χ1n) is 7.83. The minimum atomic E-state index is 1.32. The van der Waals surface area contributed by atoms with Crippen LogP contribution in [0, 0.1) is 0 Å². The second-order valence-corrected chi connectivity index (χ2v) is 4.31. The molecule has 0 nitrogen and oxygen atoms in total. The van der Waals surface area contributed by atoms with Crippen molar-refractivity contribution in [3.05, 3.63) is 72.8 Å². The van der Waals surface area contributed by atoms with Gasteiger partial charge in [-0.1, -0.05) is 126 Å². The Morgan fingerprint density at radius 2 is 0.400 bits per heavy atom. The van der Waals surface area contributed by atoms with Crippen LogP contribution in [0.2, 0.25) is 0 Å². The highest BCUT2D eigenvalue weighted by Gasteiger charge is 1.58. The molecule has 0 saturated heterocycles. The van der Waals surface area contributed by atoms with Gasteiger partial charge in [-0.25, -0.2) is 0 Å². The van der Waals surface area contributed by atoms with Crippen LogP contribution in [0.3, 0.4) is 0 Å². The monoisotopic (exact) mass is 272 g/mol. The Hall–Kier alpha value is -1.56. The van der Waals surface area contributed by atoms with Gasteiger partial charge in [-0.05, 0) is 0 Å². The molecule has 0 aliphatic heterocycles. The minimum absolute atomic E-state index is 1.32. The number of benzene rings is 2. The Morgan fingerprint density at radius 1 is 0.300 bits per heavy atom. The molecule has 0 N–H and O–H groups in total. The molecule has 0 spiro atoms. The molecule has 0 aromatic heterocycles. The van der Waals surface area contributed by atoms with E-state index in [1.807, 2.05) is 72.8 Å². The average Bonchev–Trinajstić information content (AvgIpc) is 2.59. The zero-order valence-corrected chi connectivity index (χ0v) is 13.8. The summed E-state index contributed by atoms with van der Waals surface area (Å²) >= 11 is 0. The SMILES string of the molecule is CCCC.CCCC.c1ccccc1.c1ccccc1. The Kier molecular flexibility index (Phi) is 23.5. The minimum Gasteiger partial charge on any atom is -0.0654 e. The van der Waals surface area contributed by atoms with Crippen molar-refractivity contribution in [2.45, 2.75) is 53.4 Å². The van der Waals surface area contributed by atoms with Crippen molar-refractivity contribution in [1.29, 1.82) is 0 Å². The van der Waals surface area contributed by atoms with Crippen LogP contribution < -0.4 is 0 Å². The molecule has 0 amide bonds. The lowest BCUT2D eigenvalue weighted by atomic mass is 10.4. The molecule has 2 rings (SSSR count). The average molecular weight is 272 g/mol. The summed E-state index contributed by atoms with van der Waals surface area (Å²) in [5.74, 6) is 0. The Morgan fingerprint density at radius 3 is 0.450 bits per heavy atom. The van der Waals surface area contributed by atoms with Gasteiger partial charge in [0.15, 0.2) is 0 Å². The molecule has 20 heavy (non-hydrogen) atoms. The summed E-state index contributed by atoms with van der Waals surface area (Å²) in [7, 11) is 0. The van der Waals surface area contributed by atoms with Gasteiger partial charge >= 0.3 is 0 Å². The maximum Gasteiger partial charge on any atom is -0.0564 e. The van der Waals surface area contributed by atoms with Crippen molar-refractivity contribution >= 4 is 0 Å². The van der Waals surface area contributed by atoms with Crippen LogP contribution in [0.5, 0.6) is 0 Å². The molecule has 0 atom stereocenters. The fourth-order valence-corrected chi connectivity index (χ4v) is 0.770. The van der Waals surface area contributed by atoms with E-state index in [9.17, 15) is 0 Å². The Labute approximate surface area is 126 Å². The third-order valence-corrected chi connectivity index (χ3v) is 2.33. The van der Waals surface area contributed by atoms with Crippen LogP contribution in [0.4, 0.5) is 0 Å². The third-order valence-electron chi connectivity index (χ3n) is 2.33. The summed E-state index contributed by atoms with van der Waals surface area (Å²) in [6.07, 6.45) is 5.28. The van der Waals surface area contributed by atoms with Gasteiger partial charge in [0, 0.05) is 0 Å². The van der Waals surface area contributed by atoms with E-state index in [1.54, 1.807) is 0 Å². The van der Waals surface area contributed by atoms with Crippen LogP contribution in [-0.4, -0.2) is 0 Å². The van der Waals surface area contributed by atoms with Gasteiger partial charge in [0.05, 0.1) is 0 Å². The summed E-state index contributed by atoms with van der Waals surface area (Å²) in [6, 6.07) is 24.0. The molecule has 0 radical (unpaired) electrons. The maximum atomic E-state index is 2.18. The molecule has 0 bridgehead atoms. The van der Waals surface area contributed by atoms with E-state index in [0.717, 1.165) is 0 Å². The molecule has 2 aromatic rings. The van der Waals surface area contributed by atoms with E-state index in [2.05, 4.69) is 27.7 Å². The predicted octanol–water partition coefficient (Wildman–Crippen LogP) is 6.99. The van der Waals surface area contributed by atoms with Crippen molar-refractivity contribution in [2.24, 2.45) is 0 Å². The van der Waals surface area contributed by atoms with Gasteiger partial charge in [-0.2, -0.15) is 0 Å². The van der Waals surface area contributed by atoms with E-state index in [-0.39, 0.29) is 0 Å². The zero-order chi connectivity index (χ0) is 15.3. The highest BCUT2D eigenvalue weighted by molar-refractivity contribution is 4.99. The van der Waals surface area contributed by atoms with Crippen LogP contribution >= 0.6 is 0 Å². The molecule has 112 valence electrons. The maximum absolute atomic E-state index is 2.18. The number of unbranched alkanes of at least 4 members (excludes halogenated alkanes) is 2. The molecule has 0 saturated carbocycles. The van der Waals surface area contributed by atoms with E-state index in [1.165, 1.54) is 25.7 Å². The van der Waals surface area contributed by atoms with Crippen molar-refractivity contribution in [3.8, 4) is 0 Å². The van der Waals surface area contributed by atoms with Crippen LogP contribution in [0.15, 0.2) is 72.8 Å². The van der Waals surface area contributed by atoms with E-state index in [4.69, 9.17) is 0 Å². The van der Waals surface area contributed by atoms with Crippen LogP contribution in [0.25, 0.3) is 0 Å². The summed E-state index contributed by atoms with van der Waals surface area (Å²) in [5.41, 5.74) is 0. The van der Waals surface area contributed by atoms with Crippen molar-refractivity contribution in [3.63, 3.8) is 0 Å². The zero-order valence-electron chi connectivity index (χ0n) is 13.8. The third kappa shape index (κ3) is 25.3. The van der Waals surface area contributed by atoms with E-state index >= 15 is 0 Å². The summed E-state index contributed by atoms with van der Waals surface area (Å²) in [4.78, 5) is 0. The van der Waals surface area contributed by atoms with Gasteiger partial charge in [-0.3, -0.25) is 0 Å². The molecule has 0 heterocycles. The molecular formula is C20H32. The lowest BCUT2D eigenvalue weighted by Gasteiger charge is -1.69. The second-order valence-electron chi connectivity index (χ2n) is 4.31. The second kappa shape index (κ2) is 22.6. The summed E-state index contributed by atoms with van der Waals surface area (Å²) in [5, 5.41) is 0. The van der Waals surface area contributed by atoms with Crippen LogP contribution in [0.1, 0.15) is 53.4 Å². The first-order chi connectivity index (χ1) is 9.83. The number of hydrogen-bond acceptors (Lipinski definition) is 0. The van der Waals surface area contributed by atoms with E-state index in [0.29, 0.717) is 0 Å². The number of rotatable bonds is 2. The fourth-order valence-electron chi connectivity index (χ4n) is 0.770. The molecule has 0 fully saturated rings. The first kappa shape index (κ1) is 20.8. The molecule has 0 aliphatic rings. The summed E-state index contributed by atoms with van der Waals surface area (Å²) in [6.45, 7) is 8.72.